The highest BCUT2D eigenvalue weighted by molar-refractivity contribution is 5.82. The number of amides is 2. The summed E-state index contributed by atoms with van der Waals surface area (Å²) in [6, 6.07) is 15.5. The summed E-state index contributed by atoms with van der Waals surface area (Å²) in [6.07, 6.45) is -2.24. The Morgan fingerprint density at radius 3 is 1.25 bits per heavy atom. The molecule has 8 N–H and O–H groups in total. The van der Waals surface area contributed by atoms with Crippen LogP contribution in [-0.2, 0) is 22.4 Å². The maximum Gasteiger partial charge on any atom is 0.237 e. The molecule has 0 fully saturated rings. The van der Waals surface area contributed by atoms with Gasteiger partial charge in [0.05, 0.1) is 24.2 Å². The van der Waals surface area contributed by atoms with E-state index in [0.717, 1.165) is 11.1 Å². The van der Waals surface area contributed by atoms with Crippen molar-refractivity contribution in [1.82, 2.24) is 10.6 Å². The first-order valence-corrected chi connectivity index (χ1v) is 12.6. The molecule has 198 valence electrons. The van der Waals surface area contributed by atoms with Gasteiger partial charge in [0.15, 0.2) is 0 Å². The van der Waals surface area contributed by atoms with Crippen molar-refractivity contribution >= 4 is 11.8 Å². The molecule has 2 aromatic carbocycles. The number of nitrogens with two attached hydrogens (primary N) is 2. The normalized spacial score (nSPS) is 16.6. The number of hydrogen-bond acceptors (Lipinski definition) is 6. The Labute approximate surface area is 214 Å². The van der Waals surface area contributed by atoms with Crippen molar-refractivity contribution in [1.29, 1.82) is 0 Å². The van der Waals surface area contributed by atoms with E-state index in [0.29, 0.717) is 0 Å². The van der Waals surface area contributed by atoms with Crippen LogP contribution < -0.4 is 22.1 Å². The second kappa shape index (κ2) is 14.1. The van der Waals surface area contributed by atoms with Gasteiger partial charge in [-0.3, -0.25) is 9.59 Å². The van der Waals surface area contributed by atoms with E-state index in [9.17, 15) is 19.8 Å². The fourth-order valence-electron chi connectivity index (χ4n) is 3.89. The van der Waals surface area contributed by atoms with Crippen LogP contribution in [0.5, 0.6) is 0 Å². The fourth-order valence-corrected chi connectivity index (χ4v) is 3.89. The molecule has 0 saturated carbocycles. The quantitative estimate of drug-likeness (QED) is 0.244. The SMILES string of the molecule is CC(C)[C@H](N)C(=O)NC(Cc1ccccc1)C(O)C(O)C(Cc1ccccc1)NC(=O)[C@@H](N)C(C)C. The summed E-state index contributed by atoms with van der Waals surface area (Å²) in [5, 5.41) is 28.3. The van der Waals surface area contributed by atoms with Crippen LogP contribution in [0.2, 0.25) is 0 Å². The fraction of sp³-hybridized carbons (Fsp3) is 0.500. The summed E-state index contributed by atoms with van der Waals surface area (Å²) in [7, 11) is 0. The lowest BCUT2D eigenvalue weighted by atomic mass is 9.90. The minimum atomic E-state index is -1.39. The number of carbonyl (C=O) groups is 2. The first-order chi connectivity index (χ1) is 17.0. The van der Waals surface area contributed by atoms with Crippen molar-refractivity contribution in [3.63, 3.8) is 0 Å². The zero-order valence-electron chi connectivity index (χ0n) is 21.7. The van der Waals surface area contributed by atoms with Gasteiger partial charge in [0.2, 0.25) is 11.8 Å². The van der Waals surface area contributed by atoms with Crippen molar-refractivity contribution in [2.45, 2.75) is 76.9 Å². The second-order valence-corrected chi connectivity index (χ2v) is 10.1. The molecule has 2 amide bonds. The predicted molar refractivity (Wildman–Crippen MR) is 142 cm³/mol. The van der Waals surface area contributed by atoms with Gasteiger partial charge in [0, 0.05) is 0 Å². The highest BCUT2D eigenvalue weighted by Crippen LogP contribution is 2.16. The smallest absolute Gasteiger partial charge is 0.237 e. The van der Waals surface area contributed by atoms with Gasteiger partial charge in [-0.15, -0.1) is 0 Å². The summed E-state index contributed by atoms with van der Waals surface area (Å²) in [6.45, 7) is 7.35. The summed E-state index contributed by atoms with van der Waals surface area (Å²) in [5.41, 5.74) is 13.8. The zero-order chi connectivity index (χ0) is 26.8. The Bertz CT molecular complexity index is 862. The van der Waals surface area contributed by atoms with Crippen LogP contribution in [0.1, 0.15) is 38.8 Å². The van der Waals surface area contributed by atoms with E-state index in [4.69, 9.17) is 11.5 Å². The predicted octanol–water partition coefficient (Wildman–Crippen LogP) is 1.13. The lowest BCUT2D eigenvalue weighted by Gasteiger charge is -2.34. The average Bonchev–Trinajstić information content (AvgIpc) is 2.86. The summed E-state index contributed by atoms with van der Waals surface area (Å²) >= 11 is 0. The van der Waals surface area contributed by atoms with Gasteiger partial charge in [-0.2, -0.15) is 0 Å². The van der Waals surface area contributed by atoms with Crippen LogP contribution >= 0.6 is 0 Å². The standard InChI is InChI=1S/C28H42N4O4/c1-17(2)23(29)27(35)31-21(15-19-11-7-5-8-12-19)25(33)26(34)22(16-20-13-9-6-10-14-20)32-28(36)24(30)18(3)4/h5-14,17-18,21-26,33-34H,15-16,29-30H2,1-4H3,(H,31,35)(H,32,36)/t21?,22?,23-,24-,25?,26?/m0/s1. The number of nitrogens with one attached hydrogen (secondary N) is 2. The molecule has 4 unspecified atom stereocenters. The van der Waals surface area contributed by atoms with Crippen molar-refractivity contribution in [3.8, 4) is 0 Å². The molecule has 0 spiro atoms. The van der Waals surface area contributed by atoms with Gasteiger partial charge in [-0.1, -0.05) is 88.4 Å². The molecule has 36 heavy (non-hydrogen) atoms. The van der Waals surface area contributed by atoms with Gasteiger partial charge in [-0.25, -0.2) is 0 Å². The minimum Gasteiger partial charge on any atom is -0.388 e. The van der Waals surface area contributed by atoms with Crippen LogP contribution in [0, 0.1) is 11.8 Å². The van der Waals surface area contributed by atoms with Crippen LogP contribution in [0.4, 0.5) is 0 Å². The summed E-state index contributed by atoms with van der Waals surface area (Å²) in [4.78, 5) is 25.6. The lowest BCUT2D eigenvalue weighted by molar-refractivity contribution is -0.128. The molecule has 8 heteroatoms. The summed E-state index contributed by atoms with van der Waals surface area (Å²) < 4.78 is 0. The Balaban J connectivity index is 2.32. The van der Waals surface area contributed by atoms with Gasteiger partial charge in [0.25, 0.3) is 0 Å². The molecule has 0 radical (unpaired) electrons. The van der Waals surface area contributed by atoms with E-state index >= 15 is 0 Å². The molecule has 0 saturated heterocycles. The van der Waals surface area contributed by atoms with Crippen LogP contribution in [0.3, 0.4) is 0 Å². The molecule has 8 nitrogen and oxygen atoms in total. The minimum absolute atomic E-state index is 0.105. The number of hydrogen-bond donors (Lipinski definition) is 6. The molecular weight excluding hydrogens is 456 g/mol. The molecule has 0 aromatic heterocycles. The molecule has 6 atom stereocenters. The maximum absolute atomic E-state index is 12.8. The molecule has 2 aromatic rings. The Morgan fingerprint density at radius 1 is 0.667 bits per heavy atom. The monoisotopic (exact) mass is 498 g/mol. The molecule has 0 bridgehead atoms. The molecule has 0 aliphatic heterocycles. The topological polar surface area (TPSA) is 151 Å². The zero-order valence-corrected chi connectivity index (χ0v) is 21.7. The van der Waals surface area contributed by atoms with Crippen LogP contribution in [-0.4, -0.2) is 58.4 Å². The van der Waals surface area contributed by atoms with Gasteiger partial charge in [0.1, 0.15) is 12.2 Å². The third kappa shape index (κ3) is 8.71. The number of aliphatic hydroxyl groups is 2. The maximum atomic E-state index is 12.8. The Morgan fingerprint density at radius 2 is 0.972 bits per heavy atom. The third-order valence-electron chi connectivity index (χ3n) is 6.47. The number of aliphatic hydroxyl groups excluding tert-OH is 2. The van der Waals surface area contributed by atoms with E-state index < -0.39 is 48.2 Å². The van der Waals surface area contributed by atoms with Crippen molar-refractivity contribution < 1.29 is 19.8 Å². The largest absolute Gasteiger partial charge is 0.388 e. The first kappa shape index (κ1) is 29.5. The molecule has 2 rings (SSSR count). The van der Waals surface area contributed by atoms with Gasteiger partial charge in [-0.05, 0) is 35.8 Å². The Hall–Kier alpha value is -2.78. The summed E-state index contributed by atoms with van der Waals surface area (Å²) in [5.74, 6) is -1.04. The second-order valence-electron chi connectivity index (χ2n) is 10.1. The third-order valence-corrected chi connectivity index (χ3v) is 6.47. The van der Waals surface area contributed by atoms with Gasteiger partial charge < -0.3 is 32.3 Å². The van der Waals surface area contributed by atoms with Crippen molar-refractivity contribution in [3.05, 3.63) is 71.8 Å². The van der Waals surface area contributed by atoms with Crippen LogP contribution in [0.15, 0.2) is 60.7 Å². The molecule has 0 aliphatic rings. The first-order valence-electron chi connectivity index (χ1n) is 12.6. The highest BCUT2D eigenvalue weighted by Gasteiger charge is 2.36. The van der Waals surface area contributed by atoms with E-state index in [1.54, 1.807) is 0 Å². The molecular formula is C28H42N4O4. The number of benzene rings is 2. The van der Waals surface area contributed by atoms with Crippen molar-refractivity contribution in [2.75, 3.05) is 0 Å². The Kier molecular flexibility index (Phi) is 11.5. The van der Waals surface area contributed by atoms with Crippen LogP contribution in [0.25, 0.3) is 0 Å². The van der Waals surface area contributed by atoms with E-state index in [-0.39, 0.29) is 24.7 Å². The number of carbonyl (C=O) groups excluding carboxylic acids is 2. The average molecular weight is 499 g/mol. The van der Waals surface area contributed by atoms with Crippen molar-refractivity contribution in [2.24, 2.45) is 23.3 Å². The van der Waals surface area contributed by atoms with Gasteiger partial charge >= 0.3 is 0 Å². The van der Waals surface area contributed by atoms with E-state index in [1.165, 1.54) is 0 Å². The van der Waals surface area contributed by atoms with E-state index in [1.807, 2.05) is 88.4 Å². The number of rotatable bonds is 13. The molecule has 0 aliphatic carbocycles. The van der Waals surface area contributed by atoms with E-state index in [2.05, 4.69) is 10.6 Å². The highest BCUT2D eigenvalue weighted by atomic mass is 16.3. The molecule has 0 heterocycles. The lowest BCUT2D eigenvalue weighted by Crippen LogP contribution is -2.60.